The van der Waals surface area contributed by atoms with E-state index in [0.717, 1.165) is 0 Å². The van der Waals surface area contributed by atoms with Crippen LogP contribution < -0.4 is 5.32 Å². The predicted octanol–water partition coefficient (Wildman–Crippen LogP) is 1.02. The Morgan fingerprint density at radius 1 is 1.28 bits per heavy atom. The Hall–Kier alpha value is -2.05. The molecule has 2 N–H and O–H groups in total. The molecule has 1 fully saturated rings. The second kappa shape index (κ2) is 4.32. The van der Waals surface area contributed by atoms with Gasteiger partial charge in [-0.2, -0.15) is 0 Å². The van der Waals surface area contributed by atoms with Crippen molar-refractivity contribution >= 4 is 11.9 Å². The van der Waals surface area contributed by atoms with Crippen LogP contribution in [0.2, 0.25) is 0 Å². The number of nitrogens with one attached hydrogen (secondary N) is 1. The van der Waals surface area contributed by atoms with E-state index in [4.69, 9.17) is 5.11 Å². The smallest absolute Gasteiger partial charge is 0.316 e. The number of halogens is 3. The fourth-order valence-electron chi connectivity index (χ4n) is 2.06. The zero-order valence-corrected chi connectivity index (χ0v) is 8.91. The zero-order valence-electron chi connectivity index (χ0n) is 8.91. The number of carbonyl (C=O) groups is 2. The lowest BCUT2D eigenvalue weighted by molar-refractivity contribution is -0.145. The molecule has 1 aliphatic rings. The largest absolute Gasteiger partial charge is 0.481 e. The summed E-state index contributed by atoms with van der Waals surface area (Å²) in [5, 5.41) is 11.1. The van der Waals surface area contributed by atoms with E-state index in [-0.39, 0.29) is 6.54 Å². The molecule has 1 aromatic carbocycles. The van der Waals surface area contributed by atoms with E-state index in [1.165, 1.54) is 0 Å². The van der Waals surface area contributed by atoms with E-state index in [2.05, 4.69) is 5.32 Å². The summed E-state index contributed by atoms with van der Waals surface area (Å²) in [5.74, 6) is -9.02. The molecule has 1 heterocycles. The molecule has 0 saturated carbocycles. The second-order valence-corrected chi connectivity index (χ2v) is 3.92. The van der Waals surface area contributed by atoms with Gasteiger partial charge in [0, 0.05) is 18.0 Å². The third-order valence-corrected chi connectivity index (χ3v) is 2.90. The number of benzene rings is 1. The molecule has 1 saturated heterocycles. The maximum Gasteiger partial charge on any atom is 0.316 e. The summed E-state index contributed by atoms with van der Waals surface area (Å²) in [6.07, 6.45) is 0. The molecule has 18 heavy (non-hydrogen) atoms. The number of hydrogen-bond acceptors (Lipinski definition) is 2. The van der Waals surface area contributed by atoms with Crippen molar-refractivity contribution in [1.82, 2.24) is 5.32 Å². The topological polar surface area (TPSA) is 66.4 Å². The summed E-state index contributed by atoms with van der Waals surface area (Å²) in [6.45, 7) is -0.243. The summed E-state index contributed by atoms with van der Waals surface area (Å²) in [7, 11) is 0. The van der Waals surface area contributed by atoms with Gasteiger partial charge in [0.2, 0.25) is 5.91 Å². The first-order valence-electron chi connectivity index (χ1n) is 5.07. The van der Waals surface area contributed by atoms with Crippen LogP contribution in [0, 0.1) is 23.4 Å². The van der Waals surface area contributed by atoms with Gasteiger partial charge in [-0.1, -0.05) is 0 Å². The fourth-order valence-corrected chi connectivity index (χ4v) is 2.06. The Balaban J connectivity index is 2.52. The first-order valence-corrected chi connectivity index (χ1v) is 5.07. The maximum atomic E-state index is 13.5. The summed E-state index contributed by atoms with van der Waals surface area (Å²) in [6, 6.07) is 1.31. The third-order valence-electron chi connectivity index (χ3n) is 2.90. The van der Waals surface area contributed by atoms with Gasteiger partial charge in [0.15, 0.2) is 11.6 Å². The lowest BCUT2D eigenvalue weighted by Crippen LogP contribution is -2.27. The maximum absolute atomic E-state index is 13.5. The first-order chi connectivity index (χ1) is 8.43. The molecule has 4 nitrogen and oxygen atoms in total. The highest BCUT2D eigenvalue weighted by Gasteiger charge is 2.43. The van der Waals surface area contributed by atoms with Gasteiger partial charge in [-0.15, -0.1) is 0 Å². The van der Waals surface area contributed by atoms with Crippen LogP contribution in [0.5, 0.6) is 0 Å². The van der Waals surface area contributed by atoms with Crippen LogP contribution in [0.15, 0.2) is 12.1 Å². The zero-order chi connectivity index (χ0) is 13.4. The monoisotopic (exact) mass is 259 g/mol. The number of aliphatic carboxylic acids is 1. The van der Waals surface area contributed by atoms with Crippen LogP contribution in [0.25, 0.3) is 0 Å². The molecule has 1 aromatic rings. The van der Waals surface area contributed by atoms with E-state index in [9.17, 15) is 22.8 Å². The van der Waals surface area contributed by atoms with Crippen LogP contribution in [-0.4, -0.2) is 23.5 Å². The molecule has 1 aliphatic heterocycles. The summed E-state index contributed by atoms with van der Waals surface area (Å²) < 4.78 is 40.1. The number of rotatable bonds is 2. The molecule has 2 rings (SSSR count). The lowest BCUT2D eigenvalue weighted by Gasteiger charge is -2.15. The first kappa shape index (κ1) is 12.4. The minimum Gasteiger partial charge on any atom is -0.481 e. The van der Waals surface area contributed by atoms with Crippen molar-refractivity contribution in [2.45, 2.75) is 5.92 Å². The average Bonchev–Trinajstić information content (AvgIpc) is 2.66. The normalized spacial score (nSPS) is 22.9. The van der Waals surface area contributed by atoms with Crippen molar-refractivity contribution in [3.05, 3.63) is 35.1 Å². The quantitative estimate of drug-likeness (QED) is 0.615. The SMILES string of the molecule is O=C(O)C1C(=O)NCC1c1c(F)ccc(F)c1F. The molecular weight excluding hydrogens is 251 g/mol. The highest BCUT2D eigenvalue weighted by Crippen LogP contribution is 2.33. The van der Waals surface area contributed by atoms with Crippen molar-refractivity contribution < 1.29 is 27.9 Å². The van der Waals surface area contributed by atoms with Gasteiger partial charge in [-0.25, -0.2) is 13.2 Å². The summed E-state index contributed by atoms with van der Waals surface area (Å²) in [5.41, 5.74) is -0.708. The Bertz CT molecular complexity index is 533. The van der Waals surface area contributed by atoms with Gasteiger partial charge >= 0.3 is 5.97 Å². The van der Waals surface area contributed by atoms with Gasteiger partial charge in [-0.3, -0.25) is 9.59 Å². The van der Waals surface area contributed by atoms with Crippen LogP contribution >= 0.6 is 0 Å². The Labute approximate surface area is 99.4 Å². The standard InChI is InChI=1S/C11H8F3NO3/c12-5-1-2-6(13)9(14)7(5)4-3-15-10(16)8(4)11(17)18/h1-2,4,8H,3H2,(H,15,16)(H,17,18). The molecule has 0 bridgehead atoms. The van der Waals surface area contributed by atoms with Crippen molar-refractivity contribution in [2.24, 2.45) is 5.92 Å². The molecule has 0 radical (unpaired) electrons. The van der Waals surface area contributed by atoms with E-state index in [1.54, 1.807) is 0 Å². The Morgan fingerprint density at radius 3 is 2.50 bits per heavy atom. The van der Waals surface area contributed by atoms with E-state index in [1.807, 2.05) is 0 Å². The van der Waals surface area contributed by atoms with Crippen molar-refractivity contribution in [1.29, 1.82) is 0 Å². The molecule has 2 unspecified atom stereocenters. The number of amides is 1. The average molecular weight is 259 g/mol. The highest BCUT2D eigenvalue weighted by atomic mass is 19.2. The minimum absolute atomic E-state index is 0.243. The number of hydrogen-bond donors (Lipinski definition) is 2. The molecule has 1 amide bonds. The van der Waals surface area contributed by atoms with E-state index in [0.29, 0.717) is 12.1 Å². The minimum atomic E-state index is -1.62. The van der Waals surface area contributed by atoms with Crippen LogP contribution in [0.1, 0.15) is 11.5 Å². The summed E-state index contributed by atoms with van der Waals surface area (Å²) >= 11 is 0. The molecular formula is C11H8F3NO3. The molecule has 7 heteroatoms. The van der Waals surface area contributed by atoms with Crippen LogP contribution in [0.3, 0.4) is 0 Å². The lowest BCUT2D eigenvalue weighted by atomic mass is 9.88. The van der Waals surface area contributed by atoms with Gasteiger partial charge in [0.1, 0.15) is 11.7 Å². The Kier molecular flexibility index (Phi) is 2.98. The predicted molar refractivity (Wildman–Crippen MR) is 53.2 cm³/mol. The van der Waals surface area contributed by atoms with Crippen molar-refractivity contribution in [3.63, 3.8) is 0 Å². The number of carboxylic acids is 1. The van der Waals surface area contributed by atoms with Gasteiger partial charge in [0.05, 0.1) is 0 Å². The number of carbonyl (C=O) groups excluding carboxylic acids is 1. The van der Waals surface area contributed by atoms with Gasteiger partial charge < -0.3 is 10.4 Å². The van der Waals surface area contributed by atoms with Crippen LogP contribution in [-0.2, 0) is 9.59 Å². The van der Waals surface area contributed by atoms with Crippen molar-refractivity contribution in [2.75, 3.05) is 6.54 Å². The molecule has 0 aliphatic carbocycles. The fraction of sp³-hybridized carbons (Fsp3) is 0.273. The molecule has 0 spiro atoms. The highest BCUT2D eigenvalue weighted by molar-refractivity contribution is 5.99. The van der Waals surface area contributed by atoms with E-state index < -0.39 is 46.7 Å². The van der Waals surface area contributed by atoms with Crippen molar-refractivity contribution in [3.8, 4) is 0 Å². The third kappa shape index (κ3) is 1.81. The molecule has 96 valence electrons. The molecule has 0 aromatic heterocycles. The van der Waals surface area contributed by atoms with Gasteiger partial charge in [0.25, 0.3) is 0 Å². The molecule has 2 atom stereocenters. The Morgan fingerprint density at radius 2 is 1.89 bits per heavy atom. The number of carboxylic acid groups (broad SMARTS) is 1. The second-order valence-electron chi connectivity index (χ2n) is 3.92. The van der Waals surface area contributed by atoms with E-state index >= 15 is 0 Å². The summed E-state index contributed by atoms with van der Waals surface area (Å²) in [4.78, 5) is 22.2. The van der Waals surface area contributed by atoms with Crippen LogP contribution in [0.4, 0.5) is 13.2 Å². The van der Waals surface area contributed by atoms with Gasteiger partial charge in [-0.05, 0) is 12.1 Å².